The first-order valence-electron chi connectivity index (χ1n) is 8.23. The van der Waals surface area contributed by atoms with E-state index in [1.807, 2.05) is 24.3 Å². The zero-order valence-corrected chi connectivity index (χ0v) is 14.8. The van der Waals surface area contributed by atoms with Crippen molar-refractivity contribution in [3.8, 4) is 0 Å². The van der Waals surface area contributed by atoms with Crippen LogP contribution in [0.2, 0.25) is 0 Å². The van der Waals surface area contributed by atoms with Gasteiger partial charge in [0.2, 0.25) is 0 Å². The summed E-state index contributed by atoms with van der Waals surface area (Å²) in [5.41, 5.74) is 13.4. The van der Waals surface area contributed by atoms with Crippen LogP contribution in [0.25, 0.3) is 0 Å². The Morgan fingerprint density at radius 2 is 1.80 bits per heavy atom. The molecule has 134 valence electrons. The summed E-state index contributed by atoms with van der Waals surface area (Å²) in [7, 11) is 0. The molecule has 4 N–H and O–H groups in total. The van der Waals surface area contributed by atoms with Crippen LogP contribution in [0.3, 0.4) is 0 Å². The molecule has 0 aliphatic rings. The van der Waals surface area contributed by atoms with Crippen molar-refractivity contribution >= 4 is 11.8 Å². The van der Waals surface area contributed by atoms with Gasteiger partial charge in [-0.25, -0.2) is 9.18 Å². The molecule has 0 saturated carbocycles. The zero-order valence-electron chi connectivity index (χ0n) is 14.8. The molecule has 0 heterocycles. The standard InChI is InChI=1S/C20H25FN2O2/c1-20(2,3)17(12-13-5-4-6-16(22)11-13)18(25-19(23)24)14-7-9-15(21)10-8-14/h4-11,17-18H,12,22H2,1-3H3,(H2,23,24). The third-order valence-electron chi connectivity index (χ3n) is 4.33. The number of hydrogen-bond acceptors (Lipinski definition) is 3. The number of nitrogen functional groups attached to an aromatic ring is 1. The normalized spacial score (nSPS) is 13.9. The maximum absolute atomic E-state index is 13.3. The van der Waals surface area contributed by atoms with E-state index in [1.54, 1.807) is 12.1 Å². The summed E-state index contributed by atoms with van der Waals surface area (Å²) in [5.74, 6) is -0.419. The number of hydrogen-bond donors (Lipinski definition) is 2. The second-order valence-electron chi connectivity index (χ2n) is 7.33. The van der Waals surface area contributed by atoms with E-state index in [4.69, 9.17) is 16.2 Å². The van der Waals surface area contributed by atoms with Crippen LogP contribution in [0, 0.1) is 17.2 Å². The number of carbonyl (C=O) groups is 1. The largest absolute Gasteiger partial charge is 0.441 e. The zero-order chi connectivity index (χ0) is 18.6. The summed E-state index contributed by atoms with van der Waals surface area (Å²) in [6.45, 7) is 6.22. The van der Waals surface area contributed by atoms with Gasteiger partial charge in [-0.1, -0.05) is 45.0 Å². The molecular formula is C20H25FN2O2. The molecular weight excluding hydrogens is 319 g/mol. The Hall–Kier alpha value is -2.56. The smallest absolute Gasteiger partial charge is 0.405 e. The van der Waals surface area contributed by atoms with Crippen molar-refractivity contribution in [3.05, 3.63) is 65.5 Å². The van der Waals surface area contributed by atoms with E-state index in [9.17, 15) is 9.18 Å². The number of halogens is 1. The third-order valence-corrected chi connectivity index (χ3v) is 4.33. The molecule has 0 radical (unpaired) electrons. The Bertz CT molecular complexity index is 723. The van der Waals surface area contributed by atoms with E-state index >= 15 is 0 Å². The van der Waals surface area contributed by atoms with Gasteiger partial charge in [-0.15, -0.1) is 0 Å². The highest BCUT2D eigenvalue weighted by atomic mass is 19.1. The molecule has 0 aliphatic carbocycles. The number of amides is 1. The minimum atomic E-state index is -0.851. The van der Waals surface area contributed by atoms with Gasteiger partial charge in [0.05, 0.1) is 0 Å². The summed E-state index contributed by atoms with van der Waals surface area (Å²) in [6.07, 6.45) is -0.792. The van der Waals surface area contributed by atoms with Gasteiger partial charge in [0.1, 0.15) is 11.9 Å². The van der Waals surface area contributed by atoms with Gasteiger partial charge in [0, 0.05) is 11.6 Å². The molecule has 5 heteroatoms. The molecule has 0 aromatic heterocycles. The van der Waals surface area contributed by atoms with E-state index in [0.717, 1.165) is 5.56 Å². The topological polar surface area (TPSA) is 78.3 Å². The number of carbonyl (C=O) groups excluding carboxylic acids is 1. The van der Waals surface area contributed by atoms with Gasteiger partial charge in [0.25, 0.3) is 0 Å². The maximum atomic E-state index is 13.3. The minimum Gasteiger partial charge on any atom is -0.441 e. The fourth-order valence-corrected chi connectivity index (χ4v) is 3.00. The van der Waals surface area contributed by atoms with E-state index in [1.165, 1.54) is 12.1 Å². The summed E-state index contributed by atoms with van der Waals surface area (Å²) in [4.78, 5) is 11.5. The number of benzene rings is 2. The van der Waals surface area contributed by atoms with E-state index in [2.05, 4.69) is 20.8 Å². The van der Waals surface area contributed by atoms with Gasteiger partial charge in [-0.2, -0.15) is 0 Å². The van der Waals surface area contributed by atoms with Crippen molar-refractivity contribution in [1.29, 1.82) is 0 Å². The average molecular weight is 344 g/mol. The lowest BCUT2D eigenvalue weighted by Crippen LogP contribution is -2.33. The van der Waals surface area contributed by atoms with Gasteiger partial charge in [0.15, 0.2) is 0 Å². The maximum Gasteiger partial charge on any atom is 0.405 e. The first-order chi connectivity index (χ1) is 11.7. The Labute approximate surface area is 148 Å². The van der Waals surface area contributed by atoms with Crippen LogP contribution in [-0.4, -0.2) is 6.09 Å². The van der Waals surface area contributed by atoms with Gasteiger partial charge in [-0.05, 0) is 47.2 Å². The Balaban J connectivity index is 2.42. The van der Waals surface area contributed by atoms with Gasteiger partial charge in [-0.3, -0.25) is 0 Å². The molecule has 1 amide bonds. The molecule has 2 unspecified atom stereocenters. The second kappa shape index (κ2) is 7.55. The Morgan fingerprint density at radius 1 is 1.16 bits per heavy atom. The van der Waals surface area contributed by atoms with E-state index in [-0.39, 0.29) is 17.2 Å². The molecule has 2 aromatic carbocycles. The summed E-state index contributed by atoms with van der Waals surface area (Å²) >= 11 is 0. The molecule has 0 saturated heterocycles. The molecule has 4 nitrogen and oxygen atoms in total. The van der Waals surface area contributed by atoms with E-state index < -0.39 is 12.2 Å². The van der Waals surface area contributed by atoms with Gasteiger partial charge < -0.3 is 16.2 Å². The number of primary amides is 1. The fourth-order valence-electron chi connectivity index (χ4n) is 3.00. The summed E-state index contributed by atoms with van der Waals surface area (Å²) in [5, 5.41) is 0. The predicted octanol–water partition coefficient (Wildman–Crippen LogP) is 4.45. The molecule has 0 aliphatic heterocycles. The van der Waals surface area contributed by atoms with Crippen molar-refractivity contribution in [2.45, 2.75) is 33.3 Å². The van der Waals surface area contributed by atoms with Crippen molar-refractivity contribution < 1.29 is 13.9 Å². The minimum absolute atomic E-state index is 0.0766. The quantitative estimate of drug-likeness (QED) is 0.787. The number of rotatable bonds is 5. The van der Waals surface area contributed by atoms with Crippen molar-refractivity contribution in [2.75, 3.05) is 5.73 Å². The lowest BCUT2D eigenvalue weighted by molar-refractivity contribution is 0.0229. The molecule has 2 atom stereocenters. The number of nitrogens with two attached hydrogens (primary N) is 2. The molecule has 0 bridgehead atoms. The van der Waals surface area contributed by atoms with Gasteiger partial charge >= 0.3 is 6.09 Å². The van der Waals surface area contributed by atoms with Crippen LogP contribution < -0.4 is 11.5 Å². The molecule has 0 fully saturated rings. The molecule has 25 heavy (non-hydrogen) atoms. The van der Waals surface area contributed by atoms with Crippen LogP contribution in [0.15, 0.2) is 48.5 Å². The van der Waals surface area contributed by atoms with Crippen LogP contribution >= 0.6 is 0 Å². The summed E-state index contributed by atoms with van der Waals surface area (Å²) in [6, 6.07) is 13.6. The summed E-state index contributed by atoms with van der Waals surface area (Å²) < 4.78 is 18.7. The number of ether oxygens (including phenoxy) is 1. The first kappa shape index (κ1) is 18.8. The average Bonchev–Trinajstić information content (AvgIpc) is 2.50. The van der Waals surface area contributed by atoms with Crippen LogP contribution in [-0.2, 0) is 11.2 Å². The molecule has 2 aromatic rings. The van der Waals surface area contributed by atoms with Crippen LogP contribution in [0.4, 0.5) is 14.9 Å². The first-order valence-corrected chi connectivity index (χ1v) is 8.23. The fraction of sp³-hybridized carbons (Fsp3) is 0.350. The van der Waals surface area contributed by atoms with Crippen LogP contribution in [0.5, 0.6) is 0 Å². The SMILES string of the molecule is CC(C)(C)C(Cc1cccc(N)c1)C(OC(N)=O)c1ccc(F)cc1. The number of anilines is 1. The third kappa shape index (κ3) is 5.21. The van der Waals surface area contributed by atoms with Crippen molar-refractivity contribution in [3.63, 3.8) is 0 Å². The highest BCUT2D eigenvalue weighted by molar-refractivity contribution is 5.65. The lowest BCUT2D eigenvalue weighted by atomic mass is 9.72. The predicted molar refractivity (Wildman–Crippen MR) is 97.3 cm³/mol. The highest BCUT2D eigenvalue weighted by Gasteiger charge is 2.35. The molecule has 0 spiro atoms. The Morgan fingerprint density at radius 3 is 2.32 bits per heavy atom. The monoisotopic (exact) mass is 344 g/mol. The highest BCUT2D eigenvalue weighted by Crippen LogP contribution is 2.41. The van der Waals surface area contributed by atoms with Crippen LogP contribution in [0.1, 0.15) is 38.0 Å². The lowest BCUT2D eigenvalue weighted by Gasteiger charge is -2.37. The van der Waals surface area contributed by atoms with Crippen molar-refractivity contribution in [2.24, 2.45) is 17.1 Å². The molecule has 2 rings (SSSR count). The van der Waals surface area contributed by atoms with Crippen molar-refractivity contribution in [1.82, 2.24) is 0 Å². The second-order valence-corrected chi connectivity index (χ2v) is 7.33. The Kier molecular flexibility index (Phi) is 5.67. The van der Waals surface area contributed by atoms with E-state index in [0.29, 0.717) is 17.7 Å².